The van der Waals surface area contributed by atoms with E-state index in [9.17, 15) is 5.21 Å². The molecule has 0 aromatic carbocycles. The van der Waals surface area contributed by atoms with E-state index in [1.807, 2.05) is 0 Å². The summed E-state index contributed by atoms with van der Waals surface area (Å²) in [4.78, 5) is 0. The molecule has 4 heteroatoms. The molecule has 2 N–H and O–H groups in total. The lowest BCUT2D eigenvalue weighted by molar-refractivity contribution is -0.861. The first-order chi connectivity index (χ1) is 8.33. The highest BCUT2D eigenvalue weighted by Crippen LogP contribution is 2.11. The van der Waals surface area contributed by atoms with Gasteiger partial charge in [-0.05, 0) is 12.8 Å². The lowest BCUT2D eigenvalue weighted by atomic mass is 10.1. The maximum absolute atomic E-state index is 11.2. The van der Waals surface area contributed by atoms with Crippen molar-refractivity contribution < 1.29 is 14.9 Å². The van der Waals surface area contributed by atoms with Gasteiger partial charge < -0.3 is 20.1 Å². The Kier molecular flexibility index (Phi) is 8.61. The molecule has 0 aromatic rings. The molecule has 0 amide bonds. The molecule has 102 valence electrons. The molecule has 17 heavy (non-hydrogen) atoms. The molecule has 1 aliphatic rings. The van der Waals surface area contributed by atoms with Gasteiger partial charge in [0, 0.05) is 6.61 Å². The van der Waals surface area contributed by atoms with Crippen LogP contribution in [0.15, 0.2) is 0 Å². The molecule has 1 saturated heterocycles. The standard InChI is InChI=1S/C13H27NO3/c15-10-7-5-3-1-2-4-6-8-13-12-14(16)9-11-17-13/h13-15H,1-12H2. The summed E-state index contributed by atoms with van der Waals surface area (Å²) in [6.07, 6.45) is 9.53. The smallest absolute Gasteiger partial charge is 0.107 e. The molecule has 1 rings (SSSR count). The van der Waals surface area contributed by atoms with Gasteiger partial charge in [-0.2, -0.15) is 0 Å². The second-order valence-electron chi connectivity index (χ2n) is 4.97. The normalized spacial score (nSPS) is 25.1. The summed E-state index contributed by atoms with van der Waals surface area (Å²) in [7, 11) is 0. The molecular weight excluding hydrogens is 218 g/mol. The Labute approximate surface area is 105 Å². The summed E-state index contributed by atoms with van der Waals surface area (Å²) in [5, 5.41) is 20.2. The number of hydroxylamine groups is 2. The van der Waals surface area contributed by atoms with Crippen molar-refractivity contribution in [1.29, 1.82) is 0 Å². The lowest BCUT2D eigenvalue weighted by Gasteiger charge is -2.32. The van der Waals surface area contributed by atoms with Gasteiger partial charge >= 0.3 is 0 Å². The maximum Gasteiger partial charge on any atom is 0.107 e. The van der Waals surface area contributed by atoms with E-state index in [2.05, 4.69) is 0 Å². The number of aliphatic hydroxyl groups is 1. The quantitative estimate of drug-likeness (QED) is 0.468. The minimum absolute atomic E-state index is 0.200. The van der Waals surface area contributed by atoms with E-state index >= 15 is 0 Å². The molecule has 0 aromatic heterocycles. The minimum Gasteiger partial charge on any atom is -0.634 e. The fourth-order valence-corrected chi connectivity index (χ4v) is 2.31. The average Bonchev–Trinajstić information content (AvgIpc) is 2.33. The summed E-state index contributed by atoms with van der Waals surface area (Å²) >= 11 is 0. The van der Waals surface area contributed by atoms with Crippen LogP contribution in [0.2, 0.25) is 0 Å². The van der Waals surface area contributed by atoms with Crippen LogP contribution in [0, 0.1) is 5.21 Å². The van der Waals surface area contributed by atoms with E-state index in [-0.39, 0.29) is 6.10 Å². The van der Waals surface area contributed by atoms with Crippen LogP contribution < -0.4 is 5.06 Å². The third-order valence-electron chi connectivity index (χ3n) is 3.37. The summed E-state index contributed by atoms with van der Waals surface area (Å²) in [6.45, 7) is 2.20. The molecule has 0 radical (unpaired) electrons. The fourth-order valence-electron chi connectivity index (χ4n) is 2.31. The van der Waals surface area contributed by atoms with Crippen LogP contribution in [-0.4, -0.2) is 37.5 Å². The number of hydrogen-bond acceptors (Lipinski definition) is 3. The number of rotatable bonds is 9. The molecule has 0 saturated carbocycles. The molecule has 1 aliphatic heterocycles. The molecular formula is C13H27NO3. The van der Waals surface area contributed by atoms with Crippen LogP contribution in [0.25, 0.3) is 0 Å². The number of aliphatic hydroxyl groups excluding tert-OH is 1. The highest BCUT2D eigenvalue weighted by Gasteiger charge is 2.17. The van der Waals surface area contributed by atoms with Gasteiger partial charge in [0.2, 0.25) is 0 Å². The van der Waals surface area contributed by atoms with Crippen molar-refractivity contribution in [2.75, 3.05) is 26.3 Å². The number of ether oxygens (including phenoxy) is 1. The zero-order valence-corrected chi connectivity index (χ0v) is 10.8. The van der Waals surface area contributed by atoms with Crippen molar-refractivity contribution in [2.24, 2.45) is 0 Å². The molecule has 1 heterocycles. The molecule has 0 bridgehead atoms. The Bertz CT molecular complexity index is 178. The molecule has 0 spiro atoms. The van der Waals surface area contributed by atoms with Crippen molar-refractivity contribution >= 4 is 0 Å². The highest BCUT2D eigenvalue weighted by molar-refractivity contribution is 4.60. The summed E-state index contributed by atoms with van der Waals surface area (Å²) in [6, 6.07) is 0. The van der Waals surface area contributed by atoms with Crippen molar-refractivity contribution in [3.05, 3.63) is 5.21 Å². The van der Waals surface area contributed by atoms with Gasteiger partial charge in [-0.25, -0.2) is 0 Å². The SMILES string of the molecule is [O-][NH+]1CCOC(CCCCCCCCCO)C1. The molecule has 1 fully saturated rings. The van der Waals surface area contributed by atoms with E-state index in [1.54, 1.807) is 0 Å². The fraction of sp³-hybridized carbons (Fsp3) is 1.00. The van der Waals surface area contributed by atoms with E-state index in [1.165, 1.54) is 32.1 Å². The number of nitrogens with one attached hydrogen (secondary N) is 1. The number of morpholine rings is 1. The second-order valence-corrected chi connectivity index (χ2v) is 4.97. The van der Waals surface area contributed by atoms with E-state index in [0.29, 0.717) is 31.4 Å². The van der Waals surface area contributed by atoms with Crippen LogP contribution in [-0.2, 0) is 4.74 Å². The minimum atomic E-state index is 0.200. The first-order valence-corrected chi connectivity index (χ1v) is 7.07. The predicted molar refractivity (Wildman–Crippen MR) is 67.8 cm³/mol. The molecule has 2 unspecified atom stereocenters. The maximum atomic E-state index is 11.2. The van der Waals surface area contributed by atoms with Crippen molar-refractivity contribution in [2.45, 2.75) is 57.5 Å². The van der Waals surface area contributed by atoms with E-state index in [0.717, 1.165) is 19.3 Å². The van der Waals surface area contributed by atoms with Gasteiger partial charge in [-0.15, -0.1) is 0 Å². The predicted octanol–water partition coefficient (Wildman–Crippen LogP) is 0.881. The van der Waals surface area contributed by atoms with Gasteiger partial charge in [0.1, 0.15) is 19.2 Å². The monoisotopic (exact) mass is 245 g/mol. The van der Waals surface area contributed by atoms with Crippen molar-refractivity contribution in [3.8, 4) is 0 Å². The third kappa shape index (κ3) is 7.71. The molecule has 4 nitrogen and oxygen atoms in total. The van der Waals surface area contributed by atoms with Gasteiger partial charge in [-0.1, -0.05) is 38.5 Å². The van der Waals surface area contributed by atoms with Crippen molar-refractivity contribution in [1.82, 2.24) is 0 Å². The van der Waals surface area contributed by atoms with Gasteiger partial charge in [0.25, 0.3) is 0 Å². The summed E-state index contributed by atoms with van der Waals surface area (Å²) < 4.78 is 5.56. The third-order valence-corrected chi connectivity index (χ3v) is 3.37. The Hall–Kier alpha value is -0.160. The van der Waals surface area contributed by atoms with Crippen LogP contribution in [0.4, 0.5) is 0 Å². The Balaban J connectivity index is 1.83. The molecule has 2 atom stereocenters. The first-order valence-electron chi connectivity index (χ1n) is 7.07. The van der Waals surface area contributed by atoms with E-state index in [4.69, 9.17) is 9.84 Å². The summed E-state index contributed by atoms with van der Waals surface area (Å²) in [5.74, 6) is 0. The van der Waals surface area contributed by atoms with Gasteiger partial charge in [-0.3, -0.25) is 0 Å². The van der Waals surface area contributed by atoms with E-state index < -0.39 is 0 Å². The Morgan fingerprint density at radius 3 is 2.35 bits per heavy atom. The number of quaternary nitrogens is 1. The van der Waals surface area contributed by atoms with Crippen LogP contribution in [0.3, 0.4) is 0 Å². The number of unbranched alkanes of at least 4 members (excludes halogenated alkanes) is 6. The topological polar surface area (TPSA) is 57.0 Å². The van der Waals surface area contributed by atoms with Crippen LogP contribution in [0.1, 0.15) is 51.4 Å². The molecule has 0 aliphatic carbocycles. The van der Waals surface area contributed by atoms with Crippen molar-refractivity contribution in [3.63, 3.8) is 0 Å². The summed E-state index contributed by atoms with van der Waals surface area (Å²) in [5.41, 5.74) is 0. The first kappa shape index (κ1) is 14.9. The average molecular weight is 245 g/mol. The largest absolute Gasteiger partial charge is 0.634 e. The second kappa shape index (κ2) is 9.83. The zero-order valence-electron chi connectivity index (χ0n) is 10.8. The van der Waals surface area contributed by atoms with Gasteiger partial charge in [0.05, 0.1) is 6.61 Å². The van der Waals surface area contributed by atoms with Crippen LogP contribution in [0.5, 0.6) is 0 Å². The zero-order chi connectivity index (χ0) is 12.3. The van der Waals surface area contributed by atoms with Gasteiger partial charge in [0.15, 0.2) is 0 Å². The highest BCUT2D eigenvalue weighted by atomic mass is 16.5. The number of hydrogen-bond donors (Lipinski definition) is 2. The van der Waals surface area contributed by atoms with Crippen LogP contribution >= 0.6 is 0 Å². The Morgan fingerprint density at radius 1 is 1.06 bits per heavy atom. The lowest BCUT2D eigenvalue weighted by Crippen LogP contribution is -3.10. The Morgan fingerprint density at radius 2 is 1.71 bits per heavy atom.